The Morgan fingerprint density at radius 2 is 2.10 bits per heavy atom. The van der Waals surface area contributed by atoms with Crippen molar-refractivity contribution in [3.63, 3.8) is 0 Å². The number of hydrogen-bond donors (Lipinski definition) is 1. The number of thiophene rings is 1. The number of nitrogens with zero attached hydrogens (tertiary/aromatic N) is 1. The van der Waals surface area contributed by atoms with Gasteiger partial charge in [0.25, 0.3) is 0 Å². The maximum absolute atomic E-state index is 3.89. The summed E-state index contributed by atoms with van der Waals surface area (Å²) in [4.78, 5) is 5.94. The molecule has 1 aliphatic heterocycles. The molecule has 2 aliphatic carbocycles. The molecule has 0 spiro atoms. The van der Waals surface area contributed by atoms with Gasteiger partial charge in [-0.3, -0.25) is 4.90 Å². The van der Waals surface area contributed by atoms with Crippen LogP contribution in [0, 0.1) is 0 Å². The quantitative estimate of drug-likeness (QED) is 0.913. The molecule has 1 aromatic rings. The van der Waals surface area contributed by atoms with Crippen molar-refractivity contribution in [1.29, 1.82) is 0 Å². The molecule has 0 amide bonds. The lowest BCUT2D eigenvalue weighted by molar-refractivity contribution is 0.314. The highest BCUT2D eigenvalue weighted by Gasteiger charge is 2.34. The molecule has 2 atom stereocenters. The van der Waals surface area contributed by atoms with Gasteiger partial charge in [0, 0.05) is 41.0 Å². The molecule has 2 heterocycles. The summed E-state index contributed by atoms with van der Waals surface area (Å²) in [5.74, 6) is 0. The largest absolute Gasteiger partial charge is 0.305 e. The van der Waals surface area contributed by atoms with E-state index >= 15 is 0 Å². The smallest absolute Gasteiger partial charge is 0.0388 e. The van der Waals surface area contributed by atoms with Crippen LogP contribution in [0.15, 0.2) is 6.07 Å². The number of fused-ring (bicyclic) bond motifs is 1. The van der Waals surface area contributed by atoms with E-state index in [0.717, 1.165) is 6.04 Å². The van der Waals surface area contributed by atoms with Gasteiger partial charge in [-0.1, -0.05) is 0 Å². The van der Waals surface area contributed by atoms with E-state index in [9.17, 15) is 0 Å². The Morgan fingerprint density at radius 1 is 1.25 bits per heavy atom. The third kappa shape index (κ3) is 2.68. The minimum atomic E-state index is 0.537. The predicted octanol–water partition coefficient (Wildman–Crippen LogP) is 3.51. The molecule has 1 aromatic heterocycles. The van der Waals surface area contributed by atoms with Crippen LogP contribution < -0.4 is 5.32 Å². The van der Waals surface area contributed by atoms with Crippen molar-refractivity contribution >= 4 is 11.3 Å². The summed E-state index contributed by atoms with van der Waals surface area (Å²) < 4.78 is 0. The van der Waals surface area contributed by atoms with Gasteiger partial charge in [0.2, 0.25) is 0 Å². The van der Waals surface area contributed by atoms with E-state index in [0.29, 0.717) is 12.1 Å². The molecule has 3 heteroatoms. The minimum absolute atomic E-state index is 0.537. The van der Waals surface area contributed by atoms with E-state index in [4.69, 9.17) is 0 Å². The summed E-state index contributed by atoms with van der Waals surface area (Å²) in [7, 11) is 0. The summed E-state index contributed by atoms with van der Waals surface area (Å²) in [6.45, 7) is 4.95. The van der Waals surface area contributed by atoms with Crippen LogP contribution in [-0.2, 0) is 12.8 Å². The van der Waals surface area contributed by atoms with Gasteiger partial charge in [-0.05, 0) is 63.5 Å². The standard InChI is InChI=1S/C17H26N2S/c1-12(17-10-13-4-2-3-5-16(13)20-17)18-14-8-9-19(11-14)15-6-7-15/h10,12,14-15,18H,2-9,11H2,1H3. The van der Waals surface area contributed by atoms with Gasteiger partial charge in [-0.2, -0.15) is 0 Å². The highest BCUT2D eigenvalue weighted by molar-refractivity contribution is 7.12. The van der Waals surface area contributed by atoms with Crippen molar-refractivity contribution in [3.05, 3.63) is 21.4 Å². The monoisotopic (exact) mass is 290 g/mol. The SMILES string of the molecule is CC(NC1CCN(C2CC2)C1)c1cc2c(s1)CCCC2. The molecule has 1 saturated carbocycles. The van der Waals surface area contributed by atoms with Crippen molar-refractivity contribution in [1.82, 2.24) is 10.2 Å². The van der Waals surface area contributed by atoms with Gasteiger partial charge in [0.1, 0.15) is 0 Å². The van der Waals surface area contributed by atoms with Crippen molar-refractivity contribution in [2.24, 2.45) is 0 Å². The summed E-state index contributed by atoms with van der Waals surface area (Å²) in [5, 5.41) is 3.89. The molecule has 2 unspecified atom stereocenters. The summed E-state index contributed by atoms with van der Waals surface area (Å²) in [6.07, 6.45) is 9.66. The average molecular weight is 290 g/mol. The molecule has 3 aliphatic rings. The lowest BCUT2D eigenvalue weighted by Crippen LogP contribution is -2.34. The maximum Gasteiger partial charge on any atom is 0.0388 e. The second-order valence-corrected chi connectivity index (χ2v) is 8.07. The Kier molecular flexibility index (Phi) is 3.61. The number of nitrogens with one attached hydrogen (secondary N) is 1. The molecule has 0 aromatic carbocycles. The van der Waals surface area contributed by atoms with Crippen molar-refractivity contribution in [2.45, 2.75) is 70.0 Å². The van der Waals surface area contributed by atoms with Crippen LogP contribution in [0.5, 0.6) is 0 Å². The first-order valence-corrected chi connectivity index (χ1v) is 9.23. The van der Waals surface area contributed by atoms with Gasteiger partial charge >= 0.3 is 0 Å². The normalized spacial score (nSPS) is 28.6. The van der Waals surface area contributed by atoms with Gasteiger partial charge in [0.15, 0.2) is 0 Å². The fourth-order valence-electron chi connectivity index (χ4n) is 3.86. The van der Waals surface area contributed by atoms with Crippen molar-refractivity contribution in [2.75, 3.05) is 13.1 Å². The van der Waals surface area contributed by atoms with Gasteiger partial charge in [-0.15, -0.1) is 11.3 Å². The molecule has 0 radical (unpaired) electrons. The molecule has 0 bridgehead atoms. The highest BCUT2D eigenvalue weighted by atomic mass is 32.1. The van der Waals surface area contributed by atoms with Crippen LogP contribution in [0.1, 0.15) is 60.4 Å². The fraction of sp³-hybridized carbons (Fsp3) is 0.765. The van der Waals surface area contributed by atoms with Crippen LogP contribution in [-0.4, -0.2) is 30.1 Å². The molecular weight excluding hydrogens is 264 g/mol. The van der Waals surface area contributed by atoms with Gasteiger partial charge in [0.05, 0.1) is 0 Å². The Balaban J connectivity index is 1.37. The van der Waals surface area contributed by atoms with E-state index in [-0.39, 0.29) is 0 Å². The maximum atomic E-state index is 3.89. The second kappa shape index (κ2) is 5.43. The highest BCUT2D eigenvalue weighted by Crippen LogP contribution is 2.34. The summed E-state index contributed by atoms with van der Waals surface area (Å²) in [6, 6.07) is 4.68. The van der Waals surface area contributed by atoms with Crippen LogP contribution in [0.4, 0.5) is 0 Å². The molecule has 20 heavy (non-hydrogen) atoms. The first kappa shape index (κ1) is 13.3. The van der Waals surface area contributed by atoms with Crippen LogP contribution in [0.2, 0.25) is 0 Å². The van der Waals surface area contributed by atoms with E-state index in [1.807, 2.05) is 0 Å². The zero-order valence-corrected chi connectivity index (χ0v) is 13.3. The lowest BCUT2D eigenvalue weighted by atomic mass is 9.99. The average Bonchev–Trinajstić information content (AvgIpc) is 3.04. The second-order valence-electron chi connectivity index (χ2n) is 6.90. The number of aryl methyl sites for hydroxylation is 2. The third-order valence-corrected chi connectivity index (χ3v) is 6.63. The van der Waals surface area contributed by atoms with Gasteiger partial charge in [-0.25, -0.2) is 0 Å². The molecule has 2 nitrogen and oxygen atoms in total. The Bertz CT molecular complexity index is 454. The molecular formula is C17H26N2S. The summed E-state index contributed by atoms with van der Waals surface area (Å²) in [5.41, 5.74) is 1.65. The van der Waals surface area contributed by atoms with Crippen molar-refractivity contribution < 1.29 is 0 Å². The number of rotatable bonds is 4. The number of likely N-dealkylation sites (tertiary alicyclic amines) is 1. The fourth-order valence-corrected chi connectivity index (χ4v) is 5.13. The molecule has 1 N–H and O–H groups in total. The molecule has 2 fully saturated rings. The van der Waals surface area contributed by atoms with E-state index in [1.165, 1.54) is 58.0 Å². The zero-order valence-electron chi connectivity index (χ0n) is 12.5. The van der Waals surface area contributed by atoms with Crippen molar-refractivity contribution in [3.8, 4) is 0 Å². The van der Waals surface area contributed by atoms with Crippen LogP contribution in [0.25, 0.3) is 0 Å². The first-order chi connectivity index (χ1) is 9.79. The topological polar surface area (TPSA) is 15.3 Å². The number of hydrogen-bond acceptors (Lipinski definition) is 3. The molecule has 4 rings (SSSR count). The Hall–Kier alpha value is -0.380. The van der Waals surface area contributed by atoms with Crippen LogP contribution >= 0.6 is 11.3 Å². The molecule has 1 saturated heterocycles. The van der Waals surface area contributed by atoms with E-state index in [1.54, 1.807) is 15.3 Å². The van der Waals surface area contributed by atoms with Crippen LogP contribution in [0.3, 0.4) is 0 Å². The minimum Gasteiger partial charge on any atom is -0.305 e. The Morgan fingerprint density at radius 3 is 2.90 bits per heavy atom. The molecule has 110 valence electrons. The third-order valence-electron chi connectivity index (χ3n) is 5.21. The van der Waals surface area contributed by atoms with E-state index < -0.39 is 0 Å². The van der Waals surface area contributed by atoms with E-state index in [2.05, 4.69) is 34.5 Å². The van der Waals surface area contributed by atoms with Gasteiger partial charge < -0.3 is 5.32 Å². The Labute approximate surface area is 126 Å². The predicted molar refractivity (Wildman–Crippen MR) is 85.5 cm³/mol. The first-order valence-electron chi connectivity index (χ1n) is 8.41. The zero-order chi connectivity index (χ0) is 13.5. The lowest BCUT2D eigenvalue weighted by Gasteiger charge is -2.19. The summed E-state index contributed by atoms with van der Waals surface area (Å²) >= 11 is 2.07.